The Morgan fingerprint density at radius 1 is 1.00 bits per heavy atom. The van der Waals surface area contributed by atoms with Crippen LogP contribution in [0.2, 0.25) is 0 Å². The summed E-state index contributed by atoms with van der Waals surface area (Å²) in [4.78, 5) is 0.228. The van der Waals surface area contributed by atoms with Gasteiger partial charge in [0.1, 0.15) is 0 Å². The van der Waals surface area contributed by atoms with Crippen LogP contribution in [0.5, 0.6) is 11.5 Å². The maximum Gasteiger partial charge on any atom is 0.243 e. The first-order chi connectivity index (χ1) is 12.9. The topological polar surface area (TPSA) is 55.8 Å². The zero-order valence-electron chi connectivity index (χ0n) is 16.3. The summed E-state index contributed by atoms with van der Waals surface area (Å²) in [6.07, 6.45) is 1.80. The van der Waals surface area contributed by atoms with Crippen LogP contribution in [-0.2, 0) is 16.6 Å². The standard InChI is InChI=1S/C21H27NO4S/c1-15(2)17-7-5-16(6-8-17)14-22(18-9-10-18)27(23,24)19-11-12-20(25-3)21(13-19)26-4/h5-8,11-13,15,18H,9-10,14H2,1-4H3. The minimum Gasteiger partial charge on any atom is -0.493 e. The highest BCUT2D eigenvalue weighted by molar-refractivity contribution is 7.89. The van der Waals surface area contributed by atoms with E-state index in [-0.39, 0.29) is 10.9 Å². The first-order valence-corrected chi connectivity index (χ1v) is 10.6. The Bertz CT molecular complexity index is 887. The minimum absolute atomic E-state index is 0.0628. The second-order valence-corrected chi connectivity index (χ2v) is 9.09. The lowest BCUT2D eigenvalue weighted by molar-refractivity contribution is 0.353. The molecule has 0 unspecified atom stereocenters. The molecule has 0 heterocycles. The van der Waals surface area contributed by atoms with Crippen molar-refractivity contribution in [2.45, 2.75) is 50.1 Å². The summed E-state index contributed by atoms with van der Waals surface area (Å²) in [5.74, 6) is 1.38. The molecule has 27 heavy (non-hydrogen) atoms. The molecule has 1 aliphatic rings. The molecule has 0 N–H and O–H groups in total. The van der Waals surface area contributed by atoms with E-state index in [1.54, 1.807) is 16.4 Å². The van der Waals surface area contributed by atoms with E-state index in [1.165, 1.54) is 25.8 Å². The molecule has 0 aliphatic heterocycles. The fraction of sp³-hybridized carbons (Fsp3) is 0.429. The van der Waals surface area contributed by atoms with Crippen LogP contribution in [0.25, 0.3) is 0 Å². The number of methoxy groups -OCH3 is 2. The summed E-state index contributed by atoms with van der Waals surface area (Å²) in [7, 11) is -0.588. The van der Waals surface area contributed by atoms with Crippen molar-refractivity contribution in [3.05, 3.63) is 53.6 Å². The molecule has 146 valence electrons. The van der Waals surface area contributed by atoms with Gasteiger partial charge in [0.05, 0.1) is 19.1 Å². The molecule has 0 amide bonds. The molecule has 5 nitrogen and oxygen atoms in total. The summed E-state index contributed by atoms with van der Waals surface area (Å²) >= 11 is 0. The Morgan fingerprint density at radius 3 is 2.15 bits per heavy atom. The fourth-order valence-corrected chi connectivity index (χ4v) is 4.76. The maximum atomic E-state index is 13.3. The first-order valence-electron chi connectivity index (χ1n) is 9.19. The Hall–Kier alpha value is -2.05. The Morgan fingerprint density at radius 2 is 1.63 bits per heavy atom. The van der Waals surface area contributed by atoms with Gasteiger partial charge < -0.3 is 9.47 Å². The minimum atomic E-state index is -3.62. The van der Waals surface area contributed by atoms with E-state index in [4.69, 9.17) is 9.47 Å². The molecule has 6 heteroatoms. The van der Waals surface area contributed by atoms with Gasteiger partial charge in [0, 0.05) is 18.7 Å². The Balaban J connectivity index is 1.89. The van der Waals surface area contributed by atoms with Crippen molar-refractivity contribution in [3.8, 4) is 11.5 Å². The monoisotopic (exact) mass is 389 g/mol. The molecule has 0 atom stereocenters. The number of ether oxygens (including phenoxy) is 2. The molecule has 0 bridgehead atoms. The van der Waals surface area contributed by atoms with Crippen LogP contribution < -0.4 is 9.47 Å². The normalized spacial score (nSPS) is 14.6. The van der Waals surface area contributed by atoms with Crippen LogP contribution >= 0.6 is 0 Å². The van der Waals surface area contributed by atoms with E-state index >= 15 is 0 Å². The predicted octanol–water partition coefficient (Wildman–Crippen LogP) is 4.18. The Kier molecular flexibility index (Phi) is 5.77. The average molecular weight is 390 g/mol. The Labute approximate surface area is 162 Å². The molecular weight excluding hydrogens is 362 g/mol. The molecule has 1 saturated carbocycles. The summed E-state index contributed by atoms with van der Waals surface area (Å²) in [5, 5.41) is 0. The van der Waals surface area contributed by atoms with E-state index in [9.17, 15) is 8.42 Å². The van der Waals surface area contributed by atoms with Gasteiger partial charge in [0.25, 0.3) is 0 Å². The van der Waals surface area contributed by atoms with Crippen molar-refractivity contribution in [2.75, 3.05) is 14.2 Å². The molecule has 0 radical (unpaired) electrons. The van der Waals surface area contributed by atoms with Gasteiger partial charge in [-0.1, -0.05) is 38.1 Å². The summed E-state index contributed by atoms with van der Waals surface area (Å²) in [6.45, 7) is 4.67. The number of hydrogen-bond donors (Lipinski definition) is 0. The van der Waals surface area contributed by atoms with E-state index in [1.807, 2.05) is 12.1 Å². The third-order valence-corrected chi connectivity index (χ3v) is 6.79. The summed E-state index contributed by atoms with van der Waals surface area (Å²) in [5.41, 5.74) is 2.25. The molecule has 0 spiro atoms. The highest BCUT2D eigenvalue weighted by Crippen LogP contribution is 2.36. The number of hydrogen-bond acceptors (Lipinski definition) is 4. The zero-order chi connectivity index (χ0) is 19.6. The van der Waals surface area contributed by atoms with Crippen molar-refractivity contribution in [1.82, 2.24) is 4.31 Å². The van der Waals surface area contributed by atoms with Gasteiger partial charge in [0.15, 0.2) is 11.5 Å². The smallest absolute Gasteiger partial charge is 0.243 e. The number of sulfonamides is 1. The van der Waals surface area contributed by atoms with Gasteiger partial charge in [-0.2, -0.15) is 4.31 Å². The largest absolute Gasteiger partial charge is 0.493 e. The number of nitrogens with zero attached hydrogens (tertiary/aromatic N) is 1. The lowest BCUT2D eigenvalue weighted by atomic mass is 10.0. The molecule has 0 aromatic heterocycles. The van der Waals surface area contributed by atoms with Crippen molar-refractivity contribution in [2.24, 2.45) is 0 Å². The number of rotatable bonds is 8. The summed E-state index contributed by atoms with van der Waals surface area (Å²) < 4.78 is 38.7. The quantitative estimate of drug-likeness (QED) is 0.680. The molecule has 1 fully saturated rings. The third kappa shape index (κ3) is 4.28. The van der Waals surface area contributed by atoms with Crippen LogP contribution in [-0.4, -0.2) is 33.0 Å². The molecule has 3 rings (SSSR count). The van der Waals surface area contributed by atoms with Crippen LogP contribution in [0.3, 0.4) is 0 Å². The lowest BCUT2D eigenvalue weighted by Gasteiger charge is -2.23. The van der Waals surface area contributed by atoms with Gasteiger partial charge in [-0.3, -0.25) is 0 Å². The second-order valence-electron chi connectivity index (χ2n) is 7.19. The van der Waals surface area contributed by atoms with Gasteiger partial charge in [0.2, 0.25) is 10.0 Å². The molecule has 2 aromatic rings. The van der Waals surface area contributed by atoms with Crippen molar-refractivity contribution in [1.29, 1.82) is 0 Å². The summed E-state index contributed by atoms with van der Waals surface area (Å²) in [6, 6.07) is 13.0. The average Bonchev–Trinajstić information content (AvgIpc) is 3.50. The fourth-order valence-electron chi connectivity index (χ4n) is 3.07. The van der Waals surface area contributed by atoms with E-state index in [0.717, 1.165) is 18.4 Å². The lowest BCUT2D eigenvalue weighted by Crippen LogP contribution is -2.32. The van der Waals surface area contributed by atoms with Gasteiger partial charge in [-0.05, 0) is 42.0 Å². The molecule has 1 aliphatic carbocycles. The molecule has 0 saturated heterocycles. The third-order valence-electron chi connectivity index (χ3n) is 4.90. The van der Waals surface area contributed by atoms with Gasteiger partial charge >= 0.3 is 0 Å². The SMILES string of the molecule is COc1ccc(S(=O)(=O)N(Cc2ccc(C(C)C)cc2)C2CC2)cc1OC. The van der Waals surface area contributed by atoms with E-state index in [0.29, 0.717) is 24.0 Å². The second kappa shape index (κ2) is 7.90. The predicted molar refractivity (Wildman–Crippen MR) is 106 cm³/mol. The van der Waals surface area contributed by atoms with Crippen LogP contribution in [0.15, 0.2) is 47.4 Å². The van der Waals surface area contributed by atoms with Crippen molar-refractivity contribution in [3.63, 3.8) is 0 Å². The van der Waals surface area contributed by atoms with Crippen molar-refractivity contribution < 1.29 is 17.9 Å². The highest BCUT2D eigenvalue weighted by atomic mass is 32.2. The van der Waals surface area contributed by atoms with E-state index < -0.39 is 10.0 Å². The first kappa shape index (κ1) is 19.7. The van der Waals surface area contributed by atoms with Gasteiger partial charge in [-0.15, -0.1) is 0 Å². The van der Waals surface area contributed by atoms with Gasteiger partial charge in [-0.25, -0.2) is 8.42 Å². The number of benzene rings is 2. The van der Waals surface area contributed by atoms with Crippen LogP contribution in [0.1, 0.15) is 43.7 Å². The van der Waals surface area contributed by atoms with Crippen LogP contribution in [0, 0.1) is 0 Å². The maximum absolute atomic E-state index is 13.3. The van der Waals surface area contributed by atoms with Crippen molar-refractivity contribution >= 4 is 10.0 Å². The van der Waals surface area contributed by atoms with Crippen LogP contribution in [0.4, 0.5) is 0 Å². The highest BCUT2D eigenvalue weighted by Gasteiger charge is 2.38. The molecule has 2 aromatic carbocycles. The molecular formula is C21H27NO4S. The zero-order valence-corrected chi connectivity index (χ0v) is 17.1. The van der Waals surface area contributed by atoms with E-state index in [2.05, 4.69) is 26.0 Å².